The molecule has 2 aliphatic carbocycles. The zero-order chi connectivity index (χ0) is 10.3. The molecule has 0 aromatic carbocycles. The van der Waals surface area contributed by atoms with Crippen molar-refractivity contribution in [1.82, 2.24) is 10.2 Å². The maximum absolute atomic E-state index is 3.75. The summed E-state index contributed by atoms with van der Waals surface area (Å²) in [6.07, 6.45) is 7.27. The number of nitrogens with zero attached hydrogens (tertiary/aromatic N) is 1. The average molecular weight is 208 g/mol. The van der Waals surface area contributed by atoms with E-state index in [-0.39, 0.29) is 0 Å². The van der Waals surface area contributed by atoms with E-state index in [0.717, 1.165) is 23.9 Å². The molecule has 3 rings (SSSR count). The second kappa shape index (κ2) is 4.06. The van der Waals surface area contributed by atoms with Crippen LogP contribution < -0.4 is 5.32 Å². The van der Waals surface area contributed by atoms with Gasteiger partial charge in [-0.25, -0.2) is 0 Å². The minimum Gasteiger partial charge on any atom is -0.312 e. The molecule has 3 aliphatic rings. The first kappa shape index (κ1) is 10.1. The van der Waals surface area contributed by atoms with Crippen LogP contribution in [0.15, 0.2) is 0 Å². The van der Waals surface area contributed by atoms with Gasteiger partial charge in [0.1, 0.15) is 0 Å². The highest BCUT2D eigenvalue weighted by Gasteiger charge is 2.37. The first-order chi connectivity index (χ1) is 7.34. The molecule has 3 fully saturated rings. The van der Waals surface area contributed by atoms with Gasteiger partial charge in [-0.1, -0.05) is 0 Å². The Morgan fingerprint density at radius 3 is 2.67 bits per heavy atom. The predicted molar refractivity (Wildman–Crippen MR) is 62.9 cm³/mol. The summed E-state index contributed by atoms with van der Waals surface area (Å²) in [5, 5.41) is 3.75. The summed E-state index contributed by atoms with van der Waals surface area (Å²) in [6, 6.07) is 1.67. The summed E-state index contributed by atoms with van der Waals surface area (Å²) in [5.41, 5.74) is 0. The molecule has 0 spiro atoms. The van der Waals surface area contributed by atoms with Crippen molar-refractivity contribution in [1.29, 1.82) is 0 Å². The molecule has 2 heteroatoms. The molecule has 2 atom stereocenters. The van der Waals surface area contributed by atoms with E-state index in [1.165, 1.54) is 51.7 Å². The summed E-state index contributed by atoms with van der Waals surface area (Å²) in [7, 11) is 0. The smallest absolute Gasteiger partial charge is 0.0223 e. The summed E-state index contributed by atoms with van der Waals surface area (Å²) in [6.45, 7) is 6.35. The SMILES string of the molecule is CC(C1CC1)N1CCCNC(C2CC2)C1. The monoisotopic (exact) mass is 208 g/mol. The number of hydrogen-bond acceptors (Lipinski definition) is 2. The highest BCUT2D eigenvalue weighted by Crippen LogP contribution is 2.37. The van der Waals surface area contributed by atoms with Crippen LogP contribution >= 0.6 is 0 Å². The highest BCUT2D eigenvalue weighted by atomic mass is 15.2. The Labute approximate surface area is 93.4 Å². The molecule has 0 amide bonds. The Balaban J connectivity index is 1.60. The molecule has 1 heterocycles. The van der Waals surface area contributed by atoms with E-state index in [9.17, 15) is 0 Å². The Bertz CT molecular complexity index is 221. The van der Waals surface area contributed by atoms with Crippen molar-refractivity contribution >= 4 is 0 Å². The van der Waals surface area contributed by atoms with Gasteiger partial charge in [-0.15, -0.1) is 0 Å². The number of nitrogens with one attached hydrogen (secondary N) is 1. The van der Waals surface area contributed by atoms with Gasteiger partial charge in [0, 0.05) is 18.6 Å². The van der Waals surface area contributed by atoms with E-state index in [0.29, 0.717) is 0 Å². The Hall–Kier alpha value is -0.0800. The van der Waals surface area contributed by atoms with Crippen molar-refractivity contribution in [3.63, 3.8) is 0 Å². The van der Waals surface area contributed by atoms with Crippen LogP contribution in [-0.2, 0) is 0 Å². The third kappa shape index (κ3) is 2.36. The molecule has 15 heavy (non-hydrogen) atoms. The molecular weight excluding hydrogens is 184 g/mol. The lowest BCUT2D eigenvalue weighted by Crippen LogP contribution is -2.43. The Morgan fingerprint density at radius 1 is 1.20 bits per heavy atom. The van der Waals surface area contributed by atoms with Crippen LogP contribution in [0.1, 0.15) is 39.0 Å². The van der Waals surface area contributed by atoms with E-state index < -0.39 is 0 Å². The minimum atomic E-state index is 0.814. The first-order valence-corrected chi connectivity index (χ1v) is 6.82. The second-order valence-corrected chi connectivity index (χ2v) is 5.82. The fraction of sp³-hybridized carbons (Fsp3) is 1.00. The van der Waals surface area contributed by atoms with Gasteiger partial charge < -0.3 is 5.32 Å². The molecular formula is C13H24N2. The largest absolute Gasteiger partial charge is 0.312 e. The van der Waals surface area contributed by atoms with Crippen LogP contribution in [0.2, 0.25) is 0 Å². The summed E-state index contributed by atoms with van der Waals surface area (Å²) in [4.78, 5) is 2.76. The molecule has 0 radical (unpaired) electrons. The van der Waals surface area contributed by atoms with Crippen molar-refractivity contribution < 1.29 is 0 Å². The van der Waals surface area contributed by atoms with E-state index in [1.54, 1.807) is 0 Å². The van der Waals surface area contributed by atoms with Gasteiger partial charge in [-0.2, -0.15) is 0 Å². The normalized spacial score (nSPS) is 36.2. The molecule has 86 valence electrons. The third-order valence-electron chi connectivity index (χ3n) is 4.53. The van der Waals surface area contributed by atoms with Crippen LogP contribution in [-0.4, -0.2) is 36.6 Å². The maximum atomic E-state index is 3.75. The van der Waals surface area contributed by atoms with Crippen molar-refractivity contribution in [3.8, 4) is 0 Å². The first-order valence-electron chi connectivity index (χ1n) is 6.82. The van der Waals surface area contributed by atoms with Gasteiger partial charge in [0.05, 0.1) is 0 Å². The quantitative estimate of drug-likeness (QED) is 0.761. The third-order valence-corrected chi connectivity index (χ3v) is 4.53. The molecule has 0 aromatic heterocycles. The standard InChI is InChI=1S/C13H24N2/c1-10(11-3-4-11)15-8-2-7-14-13(9-15)12-5-6-12/h10-14H,2-9H2,1H3. The van der Waals surface area contributed by atoms with Gasteiger partial charge >= 0.3 is 0 Å². The average Bonchev–Trinajstić information content (AvgIpc) is 3.09. The van der Waals surface area contributed by atoms with Crippen LogP contribution in [0.3, 0.4) is 0 Å². The number of rotatable bonds is 3. The minimum absolute atomic E-state index is 0.814. The molecule has 0 aromatic rings. The van der Waals surface area contributed by atoms with Gasteiger partial charge in [-0.05, 0) is 64.0 Å². The summed E-state index contributed by atoms with van der Waals surface area (Å²) >= 11 is 0. The van der Waals surface area contributed by atoms with Crippen LogP contribution in [0.5, 0.6) is 0 Å². The number of hydrogen-bond donors (Lipinski definition) is 1. The molecule has 2 nitrogen and oxygen atoms in total. The van der Waals surface area contributed by atoms with Crippen LogP contribution in [0.4, 0.5) is 0 Å². The van der Waals surface area contributed by atoms with E-state index >= 15 is 0 Å². The zero-order valence-corrected chi connectivity index (χ0v) is 9.91. The fourth-order valence-corrected chi connectivity index (χ4v) is 3.04. The summed E-state index contributed by atoms with van der Waals surface area (Å²) < 4.78 is 0. The van der Waals surface area contributed by atoms with Gasteiger partial charge in [-0.3, -0.25) is 4.90 Å². The topological polar surface area (TPSA) is 15.3 Å². The highest BCUT2D eigenvalue weighted by molar-refractivity contribution is 4.93. The lowest BCUT2D eigenvalue weighted by atomic mass is 10.1. The van der Waals surface area contributed by atoms with Crippen molar-refractivity contribution in [2.75, 3.05) is 19.6 Å². The molecule has 1 aliphatic heterocycles. The Kier molecular flexibility index (Phi) is 2.73. The lowest BCUT2D eigenvalue weighted by Gasteiger charge is -2.30. The van der Waals surface area contributed by atoms with Gasteiger partial charge in [0.2, 0.25) is 0 Å². The van der Waals surface area contributed by atoms with Crippen molar-refractivity contribution in [3.05, 3.63) is 0 Å². The van der Waals surface area contributed by atoms with E-state index in [4.69, 9.17) is 0 Å². The van der Waals surface area contributed by atoms with Crippen LogP contribution in [0.25, 0.3) is 0 Å². The van der Waals surface area contributed by atoms with E-state index in [1.807, 2.05) is 0 Å². The molecule has 0 bridgehead atoms. The predicted octanol–water partition coefficient (Wildman–Crippen LogP) is 1.86. The maximum Gasteiger partial charge on any atom is 0.0223 e. The fourth-order valence-electron chi connectivity index (χ4n) is 3.04. The molecule has 2 saturated carbocycles. The molecule has 1 saturated heterocycles. The van der Waals surface area contributed by atoms with Gasteiger partial charge in [0.25, 0.3) is 0 Å². The zero-order valence-electron chi connectivity index (χ0n) is 9.91. The summed E-state index contributed by atoms with van der Waals surface area (Å²) in [5.74, 6) is 2.04. The van der Waals surface area contributed by atoms with Crippen molar-refractivity contribution in [2.24, 2.45) is 11.8 Å². The molecule has 1 N–H and O–H groups in total. The second-order valence-electron chi connectivity index (χ2n) is 5.82. The van der Waals surface area contributed by atoms with E-state index in [2.05, 4.69) is 17.1 Å². The lowest BCUT2D eigenvalue weighted by molar-refractivity contribution is 0.181. The molecule has 2 unspecified atom stereocenters. The van der Waals surface area contributed by atoms with Crippen LogP contribution in [0, 0.1) is 11.8 Å². The van der Waals surface area contributed by atoms with Crippen molar-refractivity contribution in [2.45, 2.75) is 51.1 Å². The Morgan fingerprint density at radius 2 is 2.00 bits per heavy atom. The van der Waals surface area contributed by atoms with Gasteiger partial charge in [0.15, 0.2) is 0 Å².